The maximum absolute atomic E-state index is 12.8. The number of imidazole rings is 1. The van der Waals surface area contributed by atoms with Crippen LogP contribution >= 0.6 is 0 Å². The lowest BCUT2D eigenvalue weighted by Crippen LogP contribution is -2.26. The number of anilines is 2. The van der Waals surface area contributed by atoms with Crippen molar-refractivity contribution in [1.82, 2.24) is 9.13 Å². The second-order valence-electron chi connectivity index (χ2n) is 7.08. The number of carbonyl (C=O) groups excluding carboxylic acids is 2. The first-order chi connectivity index (χ1) is 13.9. The third-order valence-corrected chi connectivity index (χ3v) is 4.77. The van der Waals surface area contributed by atoms with Gasteiger partial charge in [-0.15, -0.1) is 0 Å². The fourth-order valence-electron chi connectivity index (χ4n) is 3.39. The molecular weight excluding hydrogens is 368 g/mol. The molecule has 152 valence electrons. The Morgan fingerprint density at radius 2 is 1.62 bits per heavy atom. The highest BCUT2D eigenvalue weighted by molar-refractivity contribution is 5.94. The molecule has 0 aliphatic carbocycles. The molecule has 0 spiro atoms. The normalized spacial score (nSPS) is 10.9. The van der Waals surface area contributed by atoms with Gasteiger partial charge in [0.25, 0.3) is 0 Å². The van der Waals surface area contributed by atoms with Gasteiger partial charge in [0.15, 0.2) is 0 Å². The molecule has 7 nitrogen and oxygen atoms in total. The maximum Gasteiger partial charge on any atom is 0.329 e. The summed E-state index contributed by atoms with van der Waals surface area (Å²) in [4.78, 5) is 36.6. The van der Waals surface area contributed by atoms with Crippen LogP contribution in [0.15, 0.2) is 47.3 Å². The van der Waals surface area contributed by atoms with E-state index in [1.54, 1.807) is 21.3 Å². The van der Waals surface area contributed by atoms with Crippen molar-refractivity contribution in [3.05, 3.63) is 58.5 Å². The minimum Gasteiger partial charge on any atom is -0.326 e. The quantitative estimate of drug-likeness (QED) is 0.643. The van der Waals surface area contributed by atoms with Crippen LogP contribution in [0, 0.1) is 6.92 Å². The number of para-hydroxylation sites is 2. The van der Waals surface area contributed by atoms with Crippen molar-refractivity contribution < 1.29 is 9.59 Å². The molecule has 3 aromatic rings. The number of aryl methyl sites for hydroxylation is 3. The van der Waals surface area contributed by atoms with E-state index in [0.717, 1.165) is 23.0 Å². The van der Waals surface area contributed by atoms with Crippen LogP contribution in [0.1, 0.15) is 32.3 Å². The molecule has 29 heavy (non-hydrogen) atoms. The van der Waals surface area contributed by atoms with E-state index in [1.807, 2.05) is 44.2 Å². The van der Waals surface area contributed by atoms with Crippen LogP contribution in [0.2, 0.25) is 0 Å². The van der Waals surface area contributed by atoms with E-state index in [2.05, 4.69) is 10.6 Å². The van der Waals surface area contributed by atoms with Gasteiger partial charge in [0.05, 0.1) is 11.0 Å². The van der Waals surface area contributed by atoms with Crippen molar-refractivity contribution in [2.75, 3.05) is 10.6 Å². The van der Waals surface area contributed by atoms with E-state index in [0.29, 0.717) is 24.5 Å². The minimum atomic E-state index is -0.188. The van der Waals surface area contributed by atoms with Crippen LogP contribution in [-0.4, -0.2) is 20.9 Å². The van der Waals surface area contributed by atoms with Crippen LogP contribution in [0.4, 0.5) is 11.4 Å². The van der Waals surface area contributed by atoms with Crippen molar-refractivity contribution >= 4 is 34.2 Å². The molecule has 2 amide bonds. The van der Waals surface area contributed by atoms with Crippen molar-refractivity contribution in [2.45, 2.75) is 46.7 Å². The Bertz CT molecular complexity index is 1110. The summed E-state index contributed by atoms with van der Waals surface area (Å²) >= 11 is 0. The molecule has 0 saturated heterocycles. The second kappa shape index (κ2) is 8.77. The highest BCUT2D eigenvalue weighted by Gasteiger charge is 2.14. The molecule has 2 aromatic carbocycles. The maximum atomic E-state index is 12.8. The van der Waals surface area contributed by atoms with Crippen LogP contribution in [0.25, 0.3) is 11.0 Å². The zero-order chi connectivity index (χ0) is 21.0. The van der Waals surface area contributed by atoms with Crippen LogP contribution < -0.4 is 16.3 Å². The molecule has 1 heterocycles. The number of carbonyl (C=O) groups is 2. The van der Waals surface area contributed by atoms with Crippen molar-refractivity contribution in [1.29, 1.82) is 0 Å². The largest absolute Gasteiger partial charge is 0.329 e. The Morgan fingerprint density at radius 3 is 2.24 bits per heavy atom. The first kappa shape index (κ1) is 20.4. The Balaban J connectivity index is 1.76. The van der Waals surface area contributed by atoms with Crippen molar-refractivity contribution in [2.24, 2.45) is 0 Å². The summed E-state index contributed by atoms with van der Waals surface area (Å²) in [6.45, 7) is 6.30. The smallest absolute Gasteiger partial charge is 0.326 e. The van der Waals surface area contributed by atoms with Gasteiger partial charge in [0.1, 0.15) is 0 Å². The van der Waals surface area contributed by atoms with Crippen LogP contribution in [-0.2, 0) is 22.7 Å². The van der Waals surface area contributed by atoms with Crippen LogP contribution in [0.3, 0.4) is 0 Å². The van der Waals surface area contributed by atoms with Gasteiger partial charge in [-0.1, -0.05) is 25.1 Å². The molecular formula is C22H26N4O3. The zero-order valence-electron chi connectivity index (χ0n) is 17.0. The molecule has 0 bridgehead atoms. The Kier molecular flexibility index (Phi) is 6.16. The van der Waals surface area contributed by atoms with Gasteiger partial charge in [-0.05, 0) is 43.2 Å². The lowest BCUT2D eigenvalue weighted by atomic mass is 10.1. The molecule has 7 heteroatoms. The average molecular weight is 394 g/mol. The Hall–Kier alpha value is -3.35. The predicted molar refractivity (Wildman–Crippen MR) is 115 cm³/mol. The van der Waals surface area contributed by atoms with Gasteiger partial charge in [0.2, 0.25) is 11.8 Å². The number of benzene rings is 2. The number of rotatable bonds is 7. The fraction of sp³-hybridized carbons (Fsp3) is 0.318. The lowest BCUT2D eigenvalue weighted by Gasteiger charge is -2.11. The van der Waals surface area contributed by atoms with E-state index >= 15 is 0 Å². The predicted octanol–water partition coefficient (Wildman–Crippen LogP) is 3.51. The van der Waals surface area contributed by atoms with E-state index in [-0.39, 0.29) is 23.9 Å². The molecule has 0 atom stereocenters. The SMILES string of the molecule is CCCn1c(=O)n(CCC(=O)Nc2cc(NC(C)=O)ccc2C)c2ccccc21. The summed E-state index contributed by atoms with van der Waals surface area (Å²) < 4.78 is 3.42. The summed E-state index contributed by atoms with van der Waals surface area (Å²) in [6.07, 6.45) is 1.03. The van der Waals surface area contributed by atoms with Crippen molar-refractivity contribution in [3.8, 4) is 0 Å². The highest BCUT2D eigenvalue weighted by atomic mass is 16.2. The second-order valence-corrected chi connectivity index (χ2v) is 7.08. The summed E-state index contributed by atoms with van der Waals surface area (Å²) in [5, 5.41) is 5.59. The van der Waals surface area contributed by atoms with E-state index in [9.17, 15) is 14.4 Å². The molecule has 3 rings (SSSR count). The van der Waals surface area contributed by atoms with Crippen LogP contribution in [0.5, 0.6) is 0 Å². The summed E-state index contributed by atoms with van der Waals surface area (Å²) in [5.74, 6) is -0.360. The number of nitrogens with one attached hydrogen (secondary N) is 2. The average Bonchev–Trinajstić information content (AvgIpc) is 2.94. The Labute approximate surface area is 169 Å². The topological polar surface area (TPSA) is 85.1 Å². The molecule has 2 N–H and O–H groups in total. The number of hydrogen-bond acceptors (Lipinski definition) is 3. The molecule has 0 saturated carbocycles. The van der Waals surface area contributed by atoms with Crippen molar-refractivity contribution in [3.63, 3.8) is 0 Å². The fourth-order valence-corrected chi connectivity index (χ4v) is 3.39. The highest BCUT2D eigenvalue weighted by Crippen LogP contribution is 2.21. The zero-order valence-corrected chi connectivity index (χ0v) is 17.0. The lowest BCUT2D eigenvalue weighted by molar-refractivity contribution is -0.116. The molecule has 0 aliphatic heterocycles. The number of aromatic nitrogens is 2. The van der Waals surface area contributed by atoms with Gasteiger partial charge in [0, 0.05) is 37.8 Å². The molecule has 0 fully saturated rings. The summed E-state index contributed by atoms with van der Waals surface area (Å²) in [7, 11) is 0. The summed E-state index contributed by atoms with van der Waals surface area (Å²) in [6, 6.07) is 13.0. The van der Waals surface area contributed by atoms with Gasteiger partial charge >= 0.3 is 5.69 Å². The minimum absolute atomic E-state index is 0.0929. The van der Waals surface area contributed by atoms with Gasteiger partial charge in [-0.3, -0.25) is 18.7 Å². The first-order valence-electron chi connectivity index (χ1n) is 9.77. The number of hydrogen-bond donors (Lipinski definition) is 2. The monoisotopic (exact) mass is 394 g/mol. The van der Waals surface area contributed by atoms with Gasteiger partial charge < -0.3 is 10.6 Å². The molecule has 0 aliphatic rings. The van der Waals surface area contributed by atoms with Gasteiger partial charge in [-0.25, -0.2) is 4.79 Å². The number of nitrogens with zero attached hydrogens (tertiary/aromatic N) is 2. The first-order valence-corrected chi connectivity index (χ1v) is 9.77. The van der Waals surface area contributed by atoms with E-state index < -0.39 is 0 Å². The third kappa shape index (κ3) is 4.56. The molecule has 0 unspecified atom stereocenters. The van der Waals surface area contributed by atoms with Gasteiger partial charge in [-0.2, -0.15) is 0 Å². The van der Waals surface area contributed by atoms with E-state index in [1.165, 1.54) is 6.92 Å². The molecule has 1 aromatic heterocycles. The third-order valence-electron chi connectivity index (χ3n) is 4.77. The number of fused-ring (bicyclic) bond motifs is 1. The number of amides is 2. The Morgan fingerprint density at radius 1 is 0.966 bits per heavy atom. The summed E-state index contributed by atoms with van der Waals surface area (Å²) in [5.41, 5.74) is 3.79. The molecule has 0 radical (unpaired) electrons. The van der Waals surface area contributed by atoms with E-state index in [4.69, 9.17) is 0 Å². The standard InChI is InChI=1S/C22H26N4O3/c1-4-12-25-19-7-5-6-8-20(19)26(22(25)29)13-11-21(28)24-18-14-17(23-16(3)27)10-9-15(18)2/h5-10,14H,4,11-13H2,1-3H3,(H,23,27)(H,24,28).